The molecule has 0 saturated heterocycles. The molecule has 0 bridgehead atoms. The summed E-state index contributed by atoms with van der Waals surface area (Å²) in [6.45, 7) is -0.249. The molecule has 0 amide bonds. The van der Waals surface area contributed by atoms with E-state index in [2.05, 4.69) is 9.71 Å². The first kappa shape index (κ1) is 17.4. The van der Waals surface area contributed by atoms with Crippen molar-refractivity contribution in [3.63, 3.8) is 0 Å². The fourth-order valence-corrected chi connectivity index (χ4v) is 2.23. The molecule has 1 aromatic heterocycles. The third-order valence-electron chi connectivity index (χ3n) is 2.91. The van der Waals surface area contributed by atoms with Crippen molar-refractivity contribution < 1.29 is 26.0 Å². The zero-order valence-electron chi connectivity index (χ0n) is 11.9. The van der Waals surface area contributed by atoms with Gasteiger partial charge in [-0.25, -0.2) is 22.5 Å². The zero-order valence-corrected chi connectivity index (χ0v) is 12.7. The van der Waals surface area contributed by atoms with Crippen LogP contribution < -0.4 is 4.72 Å². The molecule has 23 heavy (non-hydrogen) atoms. The number of alkyl halides is 3. The molecular formula is C14H12F4N2O2S. The summed E-state index contributed by atoms with van der Waals surface area (Å²) in [5.74, 6) is -0.738. The van der Waals surface area contributed by atoms with Crippen LogP contribution in [0.2, 0.25) is 0 Å². The molecular weight excluding hydrogens is 336 g/mol. The lowest BCUT2D eigenvalue weighted by Gasteiger charge is -2.09. The number of halogens is 4. The average Bonchev–Trinajstić information content (AvgIpc) is 2.44. The van der Waals surface area contributed by atoms with Gasteiger partial charge in [0.25, 0.3) is 0 Å². The van der Waals surface area contributed by atoms with E-state index in [1.165, 1.54) is 24.3 Å². The molecule has 2 aromatic rings. The molecule has 0 saturated carbocycles. The predicted molar refractivity (Wildman–Crippen MR) is 76.3 cm³/mol. The van der Waals surface area contributed by atoms with Gasteiger partial charge < -0.3 is 0 Å². The Morgan fingerprint density at radius 2 is 1.87 bits per heavy atom. The molecule has 0 radical (unpaired) electrons. The molecule has 124 valence electrons. The van der Waals surface area contributed by atoms with Crippen molar-refractivity contribution in [1.82, 2.24) is 9.71 Å². The number of nitrogens with one attached hydrogen (secondary N) is 1. The minimum Gasteiger partial charge on any atom is -0.243 e. The summed E-state index contributed by atoms with van der Waals surface area (Å²) in [6.07, 6.45) is -3.65. The Kier molecular flexibility index (Phi) is 4.71. The van der Waals surface area contributed by atoms with Gasteiger partial charge in [-0.2, -0.15) is 13.2 Å². The van der Waals surface area contributed by atoms with Gasteiger partial charge in [0.05, 0.1) is 11.9 Å². The molecule has 9 heteroatoms. The molecule has 0 aliphatic heterocycles. The Bertz CT molecular complexity index is 820. The maximum Gasteiger partial charge on any atom is 0.433 e. The first-order valence-electron chi connectivity index (χ1n) is 6.34. The quantitative estimate of drug-likeness (QED) is 0.865. The second kappa shape index (κ2) is 6.25. The monoisotopic (exact) mass is 348 g/mol. The van der Waals surface area contributed by atoms with Gasteiger partial charge in [-0.05, 0) is 18.2 Å². The maximum absolute atomic E-state index is 14.0. The first-order chi connectivity index (χ1) is 10.6. The first-order valence-corrected chi connectivity index (χ1v) is 8.23. The number of rotatable bonds is 4. The van der Waals surface area contributed by atoms with Crippen molar-refractivity contribution in [2.45, 2.75) is 12.7 Å². The van der Waals surface area contributed by atoms with E-state index in [-0.39, 0.29) is 23.4 Å². The standard InChI is InChI=1S/C14H12F4N2O2S/c1-23(21,22)19-8-10-6-5-9(7-11(10)15)12-3-2-4-13(20-12)14(16,17)18/h2-7,19H,8H2,1H3. The van der Waals surface area contributed by atoms with Crippen molar-refractivity contribution in [1.29, 1.82) is 0 Å². The Labute approximate surface area is 130 Å². The van der Waals surface area contributed by atoms with Crippen LogP contribution in [-0.4, -0.2) is 19.7 Å². The Hall–Kier alpha value is -2.00. The number of pyridine rings is 1. The third-order valence-corrected chi connectivity index (χ3v) is 3.58. The van der Waals surface area contributed by atoms with Crippen LogP contribution in [0, 0.1) is 5.82 Å². The van der Waals surface area contributed by atoms with Gasteiger partial charge in [0.15, 0.2) is 0 Å². The summed E-state index contributed by atoms with van der Waals surface area (Å²) >= 11 is 0. The van der Waals surface area contributed by atoms with E-state index in [0.29, 0.717) is 0 Å². The van der Waals surface area contributed by atoms with Crippen molar-refractivity contribution >= 4 is 10.0 Å². The number of hydrogen-bond donors (Lipinski definition) is 1. The van der Waals surface area contributed by atoms with E-state index in [1.807, 2.05) is 0 Å². The highest BCUT2D eigenvalue weighted by atomic mass is 32.2. The SMILES string of the molecule is CS(=O)(=O)NCc1ccc(-c2cccc(C(F)(F)F)n2)cc1F. The summed E-state index contributed by atoms with van der Waals surface area (Å²) in [5, 5.41) is 0. The number of hydrogen-bond acceptors (Lipinski definition) is 3. The van der Waals surface area contributed by atoms with Gasteiger partial charge in [0.2, 0.25) is 10.0 Å². The summed E-state index contributed by atoms with van der Waals surface area (Å²) in [6, 6.07) is 7.03. The Morgan fingerprint density at radius 1 is 1.17 bits per heavy atom. The van der Waals surface area contributed by atoms with Gasteiger partial charge in [0, 0.05) is 17.7 Å². The Balaban J connectivity index is 2.30. The van der Waals surface area contributed by atoms with Crippen LogP contribution >= 0.6 is 0 Å². The van der Waals surface area contributed by atoms with Crippen LogP contribution in [0.3, 0.4) is 0 Å². The molecule has 0 fully saturated rings. The fraction of sp³-hybridized carbons (Fsp3) is 0.214. The van der Waals surface area contributed by atoms with Gasteiger partial charge in [0.1, 0.15) is 11.5 Å². The number of benzene rings is 1. The zero-order chi connectivity index (χ0) is 17.3. The predicted octanol–water partition coefficient (Wildman–Crippen LogP) is 2.96. The molecule has 2 rings (SSSR count). The minimum absolute atomic E-state index is 0.0265. The topological polar surface area (TPSA) is 59.1 Å². The van der Waals surface area contributed by atoms with E-state index in [9.17, 15) is 26.0 Å². The number of nitrogens with zero attached hydrogens (tertiary/aromatic N) is 1. The van der Waals surface area contributed by atoms with E-state index in [1.54, 1.807) is 0 Å². The van der Waals surface area contributed by atoms with Crippen LogP contribution in [0.1, 0.15) is 11.3 Å². The average molecular weight is 348 g/mol. The minimum atomic E-state index is -4.59. The molecule has 1 heterocycles. The van der Waals surface area contributed by atoms with Gasteiger partial charge in [-0.1, -0.05) is 18.2 Å². The van der Waals surface area contributed by atoms with Crippen molar-refractivity contribution in [3.8, 4) is 11.3 Å². The van der Waals surface area contributed by atoms with Crippen molar-refractivity contribution in [2.75, 3.05) is 6.26 Å². The molecule has 0 atom stereocenters. The van der Waals surface area contributed by atoms with Crippen LogP contribution in [0.25, 0.3) is 11.3 Å². The van der Waals surface area contributed by atoms with Crippen LogP contribution in [0.15, 0.2) is 36.4 Å². The molecule has 0 unspecified atom stereocenters. The van der Waals surface area contributed by atoms with Crippen molar-refractivity contribution in [2.24, 2.45) is 0 Å². The van der Waals surface area contributed by atoms with Crippen LogP contribution in [-0.2, 0) is 22.7 Å². The molecule has 1 N–H and O–H groups in total. The maximum atomic E-state index is 14.0. The largest absolute Gasteiger partial charge is 0.433 e. The van der Waals surface area contributed by atoms with Crippen molar-refractivity contribution in [3.05, 3.63) is 53.5 Å². The third kappa shape index (κ3) is 4.73. The highest BCUT2D eigenvalue weighted by molar-refractivity contribution is 7.88. The Morgan fingerprint density at radius 3 is 2.43 bits per heavy atom. The molecule has 4 nitrogen and oxygen atoms in total. The molecule has 1 aromatic carbocycles. The van der Waals surface area contributed by atoms with E-state index >= 15 is 0 Å². The van der Waals surface area contributed by atoms with Gasteiger partial charge in [-0.15, -0.1) is 0 Å². The summed E-state index contributed by atoms with van der Waals surface area (Å²) in [4.78, 5) is 3.47. The van der Waals surface area contributed by atoms with Crippen LogP contribution in [0.4, 0.5) is 17.6 Å². The van der Waals surface area contributed by atoms with Gasteiger partial charge in [-0.3, -0.25) is 0 Å². The van der Waals surface area contributed by atoms with E-state index in [0.717, 1.165) is 18.4 Å². The second-order valence-electron chi connectivity index (χ2n) is 4.81. The number of sulfonamides is 1. The van der Waals surface area contributed by atoms with E-state index in [4.69, 9.17) is 0 Å². The van der Waals surface area contributed by atoms with E-state index < -0.39 is 27.7 Å². The molecule has 0 aliphatic carbocycles. The molecule has 0 aliphatic rings. The number of aromatic nitrogens is 1. The lowest BCUT2D eigenvalue weighted by Crippen LogP contribution is -2.21. The lowest BCUT2D eigenvalue weighted by molar-refractivity contribution is -0.141. The smallest absolute Gasteiger partial charge is 0.243 e. The second-order valence-corrected chi connectivity index (χ2v) is 6.64. The van der Waals surface area contributed by atoms with Crippen LogP contribution in [0.5, 0.6) is 0 Å². The lowest BCUT2D eigenvalue weighted by atomic mass is 10.1. The normalized spacial score (nSPS) is 12.4. The summed E-state index contributed by atoms with van der Waals surface area (Å²) in [7, 11) is -3.48. The summed E-state index contributed by atoms with van der Waals surface area (Å²) < 4.78 is 76.0. The highest BCUT2D eigenvalue weighted by Gasteiger charge is 2.32. The molecule has 0 spiro atoms. The fourth-order valence-electron chi connectivity index (χ4n) is 1.81. The highest BCUT2D eigenvalue weighted by Crippen LogP contribution is 2.29. The van der Waals surface area contributed by atoms with Gasteiger partial charge >= 0.3 is 6.18 Å². The summed E-state index contributed by atoms with van der Waals surface area (Å²) in [5.41, 5.74) is -0.859.